The van der Waals surface area contributed by atoms with Crippen LogP contribution in [-0.2, 0) is 10.0 Å². The maximum Gasteiger partial charge on any atom is 0.293 e. The van der Waals surface area contributed by atoms with E-state index < -0.39 is 14.9 Å². The fourth-order valence-electron chi connectivity index (χ4n) is 7.58. The van der Waals surface area contributed by atoms with E-state index in [1.54, 1.807) is 11.8 Å². The SMILES string of the molecule is CN(C)CCC(CSc1ccccc1)Nc1ccc(S(=O)(=O)Nc2ncnc3cc(N4CCN(CC5=C(c6ccc(Cl)cc6)CCCC5)CC4)ccc23)cc1[N+](=O)[O-]. The molecule has 304 valence electrons. The molecule has 1 atom stereocenters. The van der Waals surface area contributed by atoms with Crippen molar-refractivity contribution < 1.29 is 13.3 Å². The summed E-state index contributed by atoms with van der Waals surface area (Å²) in [7, 11) is -0.296. The number of halogens is 1. The highest BCUT2D eigenvalue weighted by atomic mass is 35.5. The summed E-state index contributed by atoms with van der Waals surface area (Å²) in [6.45, 7) is 5.29. The van der Waals surface area contributed by atoms with E-state index in [0.29, 0.717) is 16.7 Å². The van der Waals surface area contributed by atoms with Gasteiger partial charge in [0.2, 0.25) is 0 Å². The van der Waals surface area contributed by atoms with Crippen LogP contribution in [0.25, 0.3) is 16.5 Å². The zero-order valence-electron chi connectivity index (χ0n) is 32.8. The Bertz CT molecular complexity index is 2360. The molecule has 1 fully saturated rings. The number of hydrogen-bond donors (Lipinski definition) is 2. The summed E-state index contributed by atoms with van der Waals surface area (Å²) in [5.41, 5.74) is 5.80. The van der Waals surface area contributed by atoms with Crippen LogP contribution in [0.3, 0.4) is 0 Å². The third kappa shape index (κ3) is 10.5. The zero-order valence-corrected chi connectivity index (χ0v) is 35.2. The molecule has 1 aliphatic heterocycles. The average Bonchev–Trinajstić information content (AvgIpc) is 3.23. The summed E-state index contributed by atoms with van der Waals surface area (Å²) in [5.74, 6) is 0.769. The fourth-order valence-corrected chi connectivity index (χ4v) is 9.75. The van der Waals surface area contributed by atoms with Crippen molar-refractivity contribution in [3.8, 4) is 0 Å². The Kier molecular flexibility index (Phi) is 13.5. The van der Waals surface area contributed by atoms with E-state index in [1.165, 1.54) is 48.0 Å². The molecule has 0 spiro atoms. The van der Waals surface area contributed by atoms with E-state index in [0.717, 1.165) is 80.2 Å². The molecule has 0 bridgehead atoms. The highest BCUT2D eigenvalue weighted by molar-refractivity contribution is 7.99. The van der Waals surface area contributed by atoms with Gasteiger partial charge in [0.1, 0.15) is 12.0 Å². The molecule has 1 unspecified atom stereocenters. The minimum atomic E-state index is -4.26. The van der Waals surface area contributed by atoms with Crippen LogP contribution in [0.1, 0.15) is 37.7 Å². The van der Waals surface area contributed by atoms with Crippen LogP contribution in [0, 0.1) is 10.1 Å². The third-order valence-corrected chi connectivity index (χ3v) is 13.5. The van der Waals surface area contributed by atoms with Gasteiger partial charge in [-0.25, -0.2) is 18.4 Å². The van der Waals surface area contributed by atoms with Crippen LogP contribution in [0.2, 0.25) is 5.02 Å². The van der Waals surface area contributed by atoms with E-state index in [4.69, 9.17) is 11.6 Å². The van der Waals surface area contributed by atoms with Gasteiger partial charge in [-0.1, -0.05) is 47.5 Å². The second-order valence-electron chi connectivity index (χ2n) is 15.1. The molecule has 4 aromatic carbocycles. The molecular weight excluding hydrogens is 792 g/mol. The van der Waals surface area contributed by atoms with E-state index in [9.17, 15) is 18.5 Å². The summed E-state index contributed by atoms with van der Waals surface area (Å²) in [5, 5.41) is 16.9. The first kappa shape index (κ1) is 41.4. The second-order valence-corrected chi connectivity index (χ2v) is 18.3. The number of piperazine rings is 1. The molecule has 1 aromatic heterocycles. The van der Waals surface area contributed by atoms with Gasteiger partial charge in [0, 0.05) is 71.6 Å². The van der Waals surface area contributed by atoms with Crippen molar-refractivity contribution in [2.24, 2.45) is 0 Å². The second kappa shape index (κ2) is 18.9. The predicted octanol–water partition coefficient (Wildman–Crippen LogP) is 8.67. The number of nitrogens with zero attached hydrogens (tertiary/aromatic N) is 6. The van der Waals surface area contributed by atoms with Gasteiger partial charge in [0.05, 0.1) is 15.3 Å². The molecule has 58 heavy (non-hydrogen) atoms. The van der Waals surface area contributed by atoms with Crippen molar-refractivity contribution in [3.05, 3.63) is 124 Å². The van der Waals surface area contributed by atoms with Gasteiger partial charge in [-0.2, -0.15) is 0 Å². The number of nitrogens with one attached hydrogen (secondary N) is 2. The first-order valence-electron chi connectivity index (χ1n) is 19.6. The molecule has 0 radical (unpaired) electrons. The molecule has 5 aromatic rings. The Balaban J connectivity index is 1.02. The molecule has 1 saturated heterocycles. The number of thioether (sulfide) groups is 1. The average molecular weight is 842 g/mol. The fraction of sp³-hybridized carbons (Fsp3) is 0.349. The molecule has 2 aliphatic rings. The van der Waals surface area contributed by atoms with Gasteiger partial charge in [0.15, 0.2) is 5.82 Å². The van der Waals surface area contributed by atoms with Crippen LogP contribution < -0.4 is 14.9 Å². The highest BCUT2D eigenvalue weighted by Crippen LogP contribution is 2.35. The van der Waals surface area contributed by atoms with E-state index in [2.05, 4.69) is 46.8 Å². The standard InChI is InChI=1S/C43H49ClN8O4S2/c1-49(2)21-20-34(29-57-36-9-4-3-5-10-36)47-40-19-17-37(27-42(40)52(53)54)58(55,56)48-43-39-18-16-35(26-41(39)45-30-46-43)51-24-22-50(23-25-51)28-32-8-6-7-11-38(32)31-12-14-33(44)15-13-31/h3-5,9-10,12-19,26-27,30,34,47H,6-8,11,20-25,28-29H2,1-2H3,(H,45,46,48). The van der Waals surface area contributed by atoms with E-state index in [1.807, 2.05) is 74.8 Å². The number of nitro groups is 1. The Hall–Kier alpha value is -4.73. The first-order valence-corrected chi connectivity index (χ1v) is 22.5. The Labute approximate surface area is 349 Å². The Morgan fingerprint density at radius 1 is 0.931 bits per heavy atom. The summed E-state index contributed by atoms with van der Waals surface area (Å²) < 4.78 is 30.1. The molecule has 2 N–H and O–H groups in total. The maximum atomic E-state index is 13.7. The molecule has 2 heterocycles. The highest BCUT2D eigenvalue weighted by Gasteiger charge is 2.26. The molecule has 0 saturated carbocycles. The number of aromatic nitrogens is 2. The minimum absolute atomic E-state index is 0.102. The number of sulfonamides is 1. The number of anilines is 3. The molecule has 1 aliphatic carbocycles. The minimum Gasteiger partial charge on any atom is -0.376 e. The van der Waals surface area contributed by atoms with Crippen LogP contribution in [0.4, 0.5) is 22.9 Å². The largest absolute Gasteiger partial charge is 0.376 e. The van der Waals surface area contributed by atoms with Crippen LogP contribution in [0.5, 0.6) is 0 Å². The maximum absolute atomic E-state index is 13.7. The van der Waals surface area contributed by atoms with E-state index in [-0.39, 0.29) is 28.1 Å². The van der Waals surface area contributed by atoms with Crippen molar-refractivity contribution in [1.82, 2.24) is 19.8 Å². The Morgan fingerprint density at radius 3 is 2.43 bits per heavy atom. The van der Waals surface area contributed by atoms with Crippen molar-refractivity contribution in [2.75, 3.05) is 74.1 Å². The summed E-state index contributed by atoms with van der Waals surface area (Å²) >= 11 is 7.83. The van der Waals surface area contributed by atoms with Crippen molar-refractivity contribution in [2.45, 2.75) is 47.9 Å². The topological polar surface area (TPSA) is 137 Å². The van der Waals surface area contributed by atoms with Crippen molar-refractivity contribution >= 4 is 72.7 Å². The van der Waals surface area contributed by atoms with Crippen molar-refractivity contribution in [1.29, 1.82) is 0 Å². The van der Waals surface area contributed by atoms with Gasteiger partial charge in [-0.15, -0.1) is 11.8 Å². The lowest BCUT2D eigenvalue weighted by molar-refractivity contribution is -0.384. The van der Waals surface area contributed by atoms with Gasteiger partial charge >= 0.3 is 0 Å². The lowest BCUT2D eigenvalue weighted by Gasteiger charge is -2.37. The lowest BCUT2D eigenvalue weighted by Crippen LogP contribution is -2.47. The molecular formula is C43H49ClN8O4S2. The van der Waals surface area contributed by atoms with Gasteiger partial charge < -0.3 is 15.1 Å². The third-order valence-electron chi connectivity index (χ3n) is 10.7. The van der Waals surface area contributed by atoms with Gasteiger partial charge in [0.25, 0.3) is 15.7 Å². The summed E-state index contributed by atoms with van der Waals surface area (Å²) in [4.78, 5) is 28.3. The van der Waals surface area contributed by atoms with Gasteiger partial charge in [-0.05, 0) is 118 Å². The van der Waals surface area contributed by atoms with E-state index >= 15 is 0 Å². The number of rotatable bonds is 16. The number of allylic oxidation sites excluding steroid dienone is 1. The lowest BCUT2D eigenvalue weighted by atomic mass is 9.87. The predicted molar refractivity (Wildman–Crippen MR) is 237 cm³/mol. The zero-order chi connectivity index (χ0) is 40.6. The van der Waals surface area contributed by atoms with Crippen molar-refractivity contribution in [3.63, 3.8) is 0 Å². The monoisotopic (exact) mass is 840 g/mol. The van der Waals surface area contributed by atoms with Crippen LogP contribution in [0.15, 0.2) is 113 Å². The smallest absolute Gasteiger partial charge is 0.293 e. The molecule has 12 nitrogen and oxygen atoms in total. The number of fused-ring (bicyclic) bond motifs is 1. The Morgan fingerprint density at radius 2 is 1.69 bits per heavy atom. The van der Waals surface area contributed by atoms with Crippen LogP contribution >= 0.6 is 23.4 Å². The number of nitro benzene ring substituents is 1. The normalized spacial score (nSPS) is 15.8. The molecule has 0 amide bonds. The first-order chi connectivity index (χ1) is 28.0. The summed E-state index contributed by atoms with van der Waals surface area (Å²) in [6.07, 6.45) is 6.72. The van der Waals surface area contributed by atoms with Gasteiger partial charge in [-0.3, -0.25) is 19.7 Å². The summed E-state index contributed by atoms with van der Waals surface area (Å²) in [6, 6.07) is 27.8. The molecule has 15 heteroatoms. The number of benzene rings is 4. The van der Waals surface area contributed by atoms with Crippen LogP contribution in [-0.4, -0.2) is 98.3 Å². The molecule has 7 rings (SSSR count). The number of hydrogen-bond acceptors (Lipinski definition) is 11. The quantitative estimate of drug-likeness (QED) is 0.0561.